The van der Waals surface area contributed by atoms with Crippen molar-refractivity contribution in [2.45, 2.75) is 26.8 Å². The number of hydrogen-bond acceptors (Lipinski definition) is 6. The van der Waals surface area contributed by atoms with Gasteiger partial charge < -0.3 is 18.8 Å². The van der Waals surface area contributed by atoms with E-state index in [9.17, 15) is 9.59 Å². The van der Waals surface area contributed by atoms with Gasteiger partial charge in [0.15, 0.2) is 6.61 Å². The van der Waals surface area contributed by atoms with Crippen LogP contribution < -0.4 is 4.74 Å². The number of ketones is 1. The van der Waals surface area contributed by atoms with E-state index in [-0.39, 0.29) is 28.3 Å². The molecule has 0 fully saturated rings. The number of fused-ring (bicyclic) bond motifs is 1. The van der Waals surface area contributed by atoms with E-state index in [1.54, 1.807) is 25.3 Å². The number of nitrogens with zero attached hydrogens (tertiary/aromatic N) is 1. The van der Waals surface area contributed by atoms with Crippen molar-refractivity contribution in [3.63, 3.8) is 0 Å². The lowest BCUT2D eigenvalue weighted by Crippen LogP contribution is -2.16. The highest BCUT2D eigenvalue weighted by Crippen LogP contribution is 2.43. The predicted molar refractivity (Wildman–Crippen MR) is 124 cm³/mol. The summed E-state index contributed by atoms with van der Waals surface area (Å²) < 4.78 is 18.4. The summed E-state index contributed by atoms with van der Waals surface area (Å²) in [5.74, 6) is -0.467. The first kappa shape index (κ1) is 23.6. The maximum absolute atomic E-state index is 12.8. The van der Waals surface area contributed by atoms with Crippen molar-refractivity contribution < 1.29 is 23.8 Å². The summed E-state index contributed by atoms with van der Waals surface area (Å²) in [5.41, 5.74) is 2.26. The van der Waals surface area contributed by atoms with Gasteiger partial charge in [0.2, 0.25) is 5.78 Å². The van der Waals surface area contributed by atoms with Crippen LogP contribution in [0.5, 0.6) is 5.75 Å². The van der Waals surface area contributed by atoms with Crippen LogP contribution in [0.25, 0.3) is 10.1 Å². The lowest BCUT2D eigenvalue weighted by molar-refractivity contribution is 0.0479. The summed E-state index contributed by atoms with van der Waals surface area (Å²) in [7, 11) is 3.15. The molecular formula is C22H23Cl2NO5S. The first-order valence-corrected chi connectivity index (χ1v) is 11.1. The molecule has 0 aliphatic rings. The normalized spacial score (nSPS) is 12.2. The van der Waals surface area contributed by atoms with Crippen LogP contribution in [0.4, 0.5) is 0 Å². The van der Waals surface area contributed by atoms with Gasteiger partial charge in [-0.15, -0.1) is 11.3 Å². The van der Waals surface area contributed by atoms with Gasteiger partial charge in [0.25, 0.3) is 0 Å². The number of aryl methyl sites for hydroxylation is 1. The van der Waals surface area contributed by atoms with Gasteiger partial charge in [-0.1, -0.05) is 23.2 Å². The molecule has 3 aromatic rings. The van der Waals surface area contributed by atoms with Gasteiger partial charge in [0.05, 0.1) is 29.5 Å². The highest BCUT2D eigenvalue weighted by molar-refractivity contribution is 7.22. The molecule has 1 aromatic carbocycles. The lowest BCUT2D eigenvalue weighted by atomic mass is 10.1. The van der Waals surface area contributed by atoms with Crippen LogP contribution in [-0.2, 0) is 9.47 Å². The zero-order valence-electron chi connectivity index (χ0n) is 17.9. The van der Waals surface area contributed by atoms with E-state index in [0.29, 0.717) is 33.0 Å². The summed E-state index contributed by atoms with van der Waals surface area (Å²) in [6, 6.07) is 5.29. The van der Waals surface area contributed by atoms with Crippen molar-refractivity contribution in [1.29, 1.82) is 0 Å². The summed E-state index contributed by atoms with van der Waals surface area (Å²) >= 11 is 13.8. The van der Waals surface area contributed by atoms with E-state index >= 15 is 0 Å². The lowest BCUT2D eigenvalue weighted by Gasteiger charge is -2.17. The van der Waals surface area contributed by atoms with Crippen molar-refractivity contribution in [2.24, 2.45) is 0 Å². The Labute approximate surface area is 194 Å². The zero-order valence-corrected chi connectivity index (χ0v) is 20.2. The quantitative estimate of drug-likeness (QED) is 0.295. The first-order valence-electron chi connectivity index (χ1n) is 9.53. The van der Waals surface area contributed by atoms with Gasteiger partial charge in [0, 0.05) is 29.4 Å². The van der Waals surface area contributed by atoms with E-state index in [4.69, 9.17) is 37.4 Å². The maximum atomic E-state index is 12.8. The highest BCUT2D eigenvalue weighted by Gasteiger charge is 2.24. The minimum atomic E-state index is -0.670. The number of carbonyl (C=O) groups is 2. The molecule has 0 N–H and O–H groups in total. The van der Waals surface area contributed by atoms with Crippen molar-refractivity contribution >= 4 is 56.4 Å². The molecule has 31 heavy (non-hydrogen) atoms. The third-order valence-corrected chi connectivity index (χ3v) is 7.27. The Balaban J connectivity index is 1.79. The fourth-order valence-electron chi connectivity index (χ4n) is 3.70. The summed E-state index contributed by atoms with van der Waals surface area (Å²) in [6.45, 7) is 5.95. The minimum Gasteiger partial charge on any atom is -0.495 e. The molecule has 6 nitrogen and oxygen atoms in total. The van der Waals surface area contributed by atoms with E-state index in [1.807, 2.05) is 25.3 Å². The number of rotatable bonds is 8. The number of esters is 1. The number of halogens is 2. The smallest absolute Gasteiger partial charge is 0.350 e. The highest BCUT2D eigenvalue weighted by atomic mass is 35.5. The first-order chi connectivity index (χ1) is 14.7. The van der Waals surface area contributed by atoms with Crippen molar-refractivity contribution in [3.8, 4) is 5.75 Å². The van der Waals surface area contributed by atoms with Crippen molar-refractivity contribution in [2.75, 3.05) is 27.4 Å². The number of carbonyl (C=O) groups excluding carboxylic acids is 2. The predicted octanol–water partition coefficient (Wildman–Crippen LogP) is 5.88. The van der Waals surface area contributed by atoms with Crippen molar-refractivity contribution in [1.82, 2.24) is 4.57 Å². The molecule has 0 aliphatic carbocycles. The molecule has 166 valence electrons. The molecule has 0 spiro atoms. The summed E-state index contributed by atoms with van der Waals surface area (Å²) in [6.07, 6.45) is 0. The van der Waals surface area contributed by atoms with E-state index in [0.717, 1.165) is 22.7 Å². The van der Waals surface area contributed by atoms with Gasteiger partial charge in [-0.3, -0.25) is 4.79 Å². The molecule has 1 atom stereocenters. The number of hydrogen-bond donors (Lipinski definition) is 0. The molecular weight excluding hydrogens is 461 g/mol. The van der Waals surface area contributed by atoms with Crippen LogP contribution >= 0.6 is 34.5 Å². The number of thiophene rings is 1. The second kappa shape index (κ2) is 9.61. The van der Waals surface area contributed by atoms with Gasteiger partial charge in [-0.05, 0) is 39.0 Å². The molecule has 0 saturated heterocycles. The summed E-state index contributed by atoms with van der Waals surface area (Å²) in [4.78, 5) is 25.6. The molecule has 0 aliphatic heterocycles. The average Bonchev–Trinajstić information content (AvgIpc) is 3.23. The number of benzene rings is 1. The largest absolute Gasteiger partial charge is 0.495 e. The Bertz CT molecular complexity index is 1150. The van der Waals surface area contributed by atoms with Gasteiger partial charge in [0.1, 0.15) is 15.6 Å². The molecule has 0 amide bonds. The fourth-order valence-corrected chi connectivity index (χ4v) is 5.48. The Hall–Kier alpha value is -2.06. The average molecular weight is 484 g/mol. The second-order valence-electron chi connectivity index (χ2n) is 7.16. The van der Waals surface area contributed by atoms with Crippen LogP contribution in [0.15, 0.2) is 18.2 Å². The zero-order chi connectivity index (χ0) is 22.9. The van der Waals surface area contributed by atoms with Crippen LogP contribution in [0.3, 0.4) is 0 Å². The van der Waals surface area contributed by atoms with Crippen LogP contribution in [0.2, 0.25) is 10.0 Å². The van der Waals surface area contributed by atoms with Crippen molar-refractivity contribution in [3.05, 3.63) is 50.1 Å². The fraction of sp³-hybridized carbons (Fsp3) is 0.364. The van der Waals surface area contributed by atoms with Gasteiger partial charge >= 0.3 is 5.97 Å². The van der Waals surface area contributed by atoms with Gasteiger partial charge in [-0.2, -0.15) is 0 Å². The Morgan fingerprint density at radius 1 is 1.16 bits per heavy atom. The summed E-state index contributed by atoms with van der Waals surface area (Å²) in [5, 5.41) is 1.25. The Morgan fingerprint density at radius 3 is 2.52 bits per heavy atom. The number of ether oxygens (including phenoxy) is 3. The molecule has 2 aromatic heterocycles. The SMILES string of the molecule is COCC(C)n1c(C)cc(C(=O)COC(=O)c2sc3c(Cl)c(OC)ccc3c2Cl)c1C. The Morgan fingerprint density at radius 2 is 1.87 bits per heavy atom. The monoisotopic (exact) mass is 483 g/mol. The second-order valence-corrected chi connectivity index (χ2v) is 8.94. The standard InChI is InChI=1S/C22H23Cl2NO5S/c1-11-8-15(13(3)25(11)12(2)9-28-4)16(26)10-30-22(27)21-18(23)14-6-7-17(29-5)19(24)20(14)31-21/h6-8,12H,9-10H2,1-5H3. The molecule has 0 saturated carbocycles. The molecule has 9 heteroatoms. The van der Waals surface area contributed by atoms with Gasteiger partial charge in [-0.25, -0.2) is 4.79 Å². The minimum absolute atomic E-state index is 0.0770. The van der Waals surface area contributed by atoms with E-state index in [1.165, 1.54) is 7.11 Å². The third kappa shape index (κ3) is 4.46. The van der Waals surface area contributed by atoms with E-state index < -0.39 is 5.97 Å². The van der Waals surface area contributed by atoms with Crippen LogP contribution in [0, 0.1) is 13.8 Å². The Kier molecular flexibility index (Phi) is 7.31. The topological polar surface area (TPSA) is 66.8 Å². The number of methoxy groups -OCH3 is 2. The molecule has 0 radical (unpaired) electrons. The molecule has 0 bridgehead atoms. The third-order valence-electron chi connectivity index (χ3n) is 5.07. The molecule has 1 unspecified atom stereocenters. The maximum Gasteiger partial charge on any atom is 0.350 e. The number of Topliss-reactive ketones (excluding diaryl/α,β-unsaturated/α-hetero) is 1. The van der Waals surface area contributed by atoms with E-state index in [2.05, 4.69) is 0 Å². The number of aromatic nitrogens is 1. The van der Waals surface area contributed by atoms with Crippen LogP contribution in [-0.4, -0.2) is 43.8 Å². The molecule has 3 rings (SSSR count). The molecule has 2 heterocycles. The van der Waals surface area contributed by atoms with Crippen LogP contribution in [0.1, 0.15) is 44.4 Å².